The molecule has 3 atom stereocenters. The zero-order valence-electron chi connectivity index (χ0n) is 12.6. The highest BCUT2D eigenvalue weighted by Crippen LogP contribution is 2.24. The van der Waals surface area contributed by atoms with Gasteiger partial charge in [-0.05, 0) is 12.8 Å². The van der Waals surface area contributed by atoms with Gasteiger partial charge in [-0.25, -0.2) is 4.98 Å². The lowest BCUT2D eigenvalue weighted by atomic mass is 10.1. The van der Waals surface area contributed by atoms with Crippen molar-refractivity contribution in [3.05, 3.63) is 18.2 Å². The molecule has 0 spiro atoms. The van der Waals surface area contributed by atoms with E-state index in [1.54, 1.807) is 12.4 Å². The van der Waals surface area contributed by atoms with E-state index in [2.05, 4.69) is 20.6 Å². The Balaban J connectivity index is 1.40. The van der Waals surface area contributed by atoms with Crippen LogP contribution in [0.3, 0.4) is 0 Å². The molecule has 122 valence electrons. The van der Waals surface area contributed by atoms with Gasteiger partial charge >= 0.3 is 0 Å². The van der Waals surface area contributed by atoms with E-state index in [1.807, 2.05) is 0 Å². The molecular formula is C15H24N4O3. The first-order chi connectivity index (χ1) is 10.7. The lowest BCUT2D eigenvalue weighted by molar-refractivity contribution is -0.125. The fourth-order valence-electron chi connectivity index (χ4n) is 3.20. The molecule has 2 fully saturated rings. The van der Waals surface area contributed by atoms with Crippen molar-refractivity contribution in [1.82, 2.24) is 20.6 Å². The maximum atomic E-state index is 12.0. The Morgan fingerprint density at radius 2 is 2.27 bits per heavy atom. The summed E-state index contributed by atoms with van der Waals surface area (Å²) in [6.45, 7) is 1.36. The molecule has 1 saturated heterocycles. The van der Waals surface area contributed by atoms with Crippen LogP contribution in [0.15, 0.2) is 12.4 Å². The molecule has 1 aromatic rings. The monoisotopic (exact) mass is 308 g/mol. The summed E-state index contributed by atoms with van der Waals surface area (Å²) in [7, 11) is 0. The van der Waals surface area contributed by atoms with E-state index < -0.39 is 6.10 Å². The zero-order chi connectivity index (χ0) is 15.4. The van der Waals surface area contributed by atoms with Crippen LogP contribution in [-0.2, 0) is 16.1 Å². The predicted molar refractivity (Wildman–Crippen MR) is 79.9 cm³/mol. The van der Waals surface area contributed by atoms with Gasteiger partial charge in [0.2, 0.25) is 5.91 Å². The molecule has 0 radical (unpaired) electrons. The van der Waals surface area contributed by atoms with Crippen molar-refractivity contribution in [2.45, 2.75) is 50.5 Å². The topological polar surface area (TPSA) is 99.3 Å². The average molecular weight is 308 g/mol. The van der Waals surface area contributed by atoms with Gasteiger partial charge in [-0.2, -0.15) is 0 Å². The number of amides is 1. The minimum absolute atomic E-state index is 0.0975. The van der Waals surface area contributed by atoms with Crippen LogP contribution >= 0.6 is 0 Å². The third-order valence-corrected chi connectivity index (χ3v) is 4.57. The second kappa shape index (κ2) is 7.21. The number of nitrogens with one attached hydrogen (secondary N) is 3. The fourth-order valence-corrected chi connectivity index (χ4v) is 3.20. The Morgan fingerprint density at radius 1 is 1.45 bits per heavy atom. The van der Waals surface area contributed by atoms with Crippen molar-refractivity contribution in [3.63, 3.8) is 0 Å². The Bertz CT molecular complexity index is 473. The molecule has 0 aromatic carbocycles. The molecule has 1 amide bonds. The lowest BCUT2D eigenvalue weighted by Gasteiger charge is -2.19. The van der Waals surface area contributed by atoms with Crippen LogP contribution in [0.4, 0.5) is 0 Å². The summed E-state index contributed by atoms with van der Waals surface area (Å²) in [4.78, 5) is 19.1. The summed E-state index contributed by atoms with van der Waals surface area (Å²) >= 11 is 0. The van der Waals surface area contributed by atoms with E-state index in [9.17, 15) is 9.90 Å². The van der Waals surface area contributed by atoms with E-state index >= 15 is 0 Å². The molecule has 7 heteroatoms. The predicted octanol–water partition coefficient (Wildman–Crippen LogP) is -0.0660. The quantitative estimate of drug-likeness (QED) is 0.590. The van der Waals surface area contributed by atoms with Crippen molar-refractivity contribution in [2.24, 2.45) is 5.92 Å². The normalized spacial score (nSPS) is 29.0. The Morgan fingerprint density at radius 3 is 3.00 bits per heavy atom. The van der Waals surface area contributed by atoms with Gasteiger partial charge in [0.1, 0.15) is 11.9 Å². The Kier molecular flexibility index (Phi) is 5.07. The number of nitrogens with zero attached hydrogens (tertiary/aromatic N) is 1. The van der Waals surface area contributed by atoms with Crippen LogP contribution < -0.4 is 10.6 Å². The molecule has 2 heterocycles. The van der Waals surface area contributed by atoms with Crippen LogP contribution in [0.25, 0.3) is 0 Å². The van der Waals surface area contributed by atoms with Crippen LogP contribution in [0.1, 0.15) is 31.5 Å². The molecule has 2 aliphatic rings. The Labute approximate surface area is 129 Å². The smallest absolute Gasteiger partial charge is 0.223 e. The van der Waals surface area contributed by atoms with Gasteiger partial charge in [0.25, 0.3) is 0 Å². The number of imidazole rings is 1. The highest BCUT2D eigenvalue weighted by Gasteiger charge is 2.36. The van der Waals surface area contributed by atoms with Crippen molar-refractivity contribution in [3.8, 4) is 0 Å². The highest BCUT2D eigenvalue weighted by atomic mass is 16.5. The fraction of sp³-hybridized carbons (Fsp3) is 0.733. The van der Waals surface area contributed by atoms with Crippen LogP contribution in [-0.4, -0.2) is 52.4 Å². The second-order valence-corrected chi connectivity index (χ2v) is 6.11. The van der Waals surface area contributed by atoms with E-state index in [1.165, 1.54) is 0 Å². The van der Waals surface area contributed by atoms with Crippen molar-refractivity contribution < 1.29 is 14.6 Å². The number of rotatable bonds is 6. The van der Waals surface area contributed by atoms with Crippen molar-refractivity contribution >= 4 is 5.91 Å². The summed E-state index contributed by atoms with van der Waals surface area (Å²) in [6, 6.07) is -0.140. The summed E-state index contributed by atoms with van der Waals surface area (Å²) in [5, 5.41) is 16.4. The third kappa shape index (κ3) is 3.66. The Hall–Kier alpha value is -1.44. The number of aliphatic hydroxyl groups is 1. The maximum absolute atomic E-state index is 12.0. The molecule has 1 aliphatic heterocycles. The van der Waals surface area contributed by atoms with Gasteiger partial charge in [-0.15, -0.1) is 0 Å². The molecular weight excluding hydrogens is 284 g/mol. The molecule has 3 rings (SSSR count). The minimum Gasteiger partial charge on any atom is -0.389 e. The number of aliphatic hydroxyl groups excluding tert-OH is 1. The number of ether oxygens (including phenoxy) is 1. The van der Waals surface area contributed by atoms with Crippen LogP contribution in [0.5, 0.6) is 0 Å². The van der Waals surface area contributed by atoms with Gasteiger partial charge in [0.15, 0.2) is 0 Å². The van der Waals surface area contributed by atoms with Crippen molar-refractivity contribution in [2.75, 3.05) is 13.2 Å². The first kappa shape index (κ1) is 15.5. The molecule has 1 aliphatic carbocycles. The first-order valence-electron chi connectivity index (χ1n) is 8.03. The summed E-state index contributed by atoms with van der Waals surface area (Å²) in [5.41, 5.74) is 0. The standard InChI is InChI=1S/C15H24N4O3/c20-14-11(18-8-13-16-5-6-17-13)9-22-12(14)7-19-15(21)10-3-1-2-4-10/h5-6,10-12,14,18,20H,1-4,7-9H2,(H,16,17)(H,19,21)/t11-,12-,14+/m1/s1. The maximum Gasteiger partial charge on any atom is 0.223 e. The van der Waals surface area contributed by atoms with E-state index in [0.717, 1.165) is 31.5 Å². The first-order valence-corrected chi connectivity index (χ1v) is 8.03. The number of carbonyl (C=O) groups is 1. The molecule has 4 N–H and O–H groups in total. The van der Waals surface area contributed by atoms with E-state index in [0.29, 0.717) is 19.7 Å². The molecule has 0 bridgehead atoms. The van der Waals surface area contributed by atoms with Gasteiger partial charge in [0, 0.05) is 24.9 Å². The average Bonchev–Trinajstić information content (AvgIpc) is 3.26. The van der Waals surface area contributed by atoms with Crippen LogP contribution in [0, 0.1) is 5.92 Å². The van der Waals surface area contributed by atoms with E-state index in [-0.39, 0.29) is 24.0 Å². The number of aromatic amines is 1. The van der Waals surface area contributed by atoms with Gasteiger partial charge < -0.3 is 25.5 Å². The minimum atomic E-state index is -0.626. The van der Waals surface area contributed by atoms with Gasteiger partial charge in [0.05, 0.1) is 25.3 Å². The largest absolute Gasteiger partial charge is 0.389 e. The molecule has 1 saturated carbocycles. The highest BCUT2D eigenvalue weighted by molar-refractivity contribution is 5.78. The summed E-state index contributed by atoms with van der Waals surface area (Å²) < 4.78 is 5.60. The SMILES string of the molecule is O=C(NC[C@H]1OC[C@@H](NCc2ncc[nH]2)[C@@H]1O)C1CCCC1. The summed E-state index contributed by atoms with van der Waals surface area (Å²) in [5.74, 6) is 1.07. The van der Waals surface area contributed by atoms with Crippen LogP contribution in [0.2, 0.25) is 0 Å². The molecule has 1 aromatic heterocycles. The summed E-state index contributed by atoms with van der Waals surface area (Å²) in [6.07, 6.45) is 6.72. The molecule has 22 heavy (non-hydrogen) atoms. The van der Waals surface area contributed by atoms with Crippen molar-refractivity contribution in [1.29, 1.82) is 0 Å². The number of aromatic nitrogens is 2. The lowest BCUT2D eigenvalue weighted by Crippen LogP contribution is -2.45. The zero-order valence-corrected chi connectivity index (χ0v) is 12.6. The number of hydrogen-bond acceptors (Lipinski definition) is 5. The van der Waals surface area contributed by atoms with Gasteiger partial charge in [-0.3, -0.25) is 4.79 Å². The molecule has 0 unspecified atom stereocenters. The second-order valence-electron chi connectivity index (χ2n) is 6.11. The van der Waals surface area contributed by atoms with E-state index in [4.69, 9.17) is 4.74 Å². The molecule has 7 nitrogen and oxygen atoms in total. The number of hydrogen-bond donors (Lipinski definition) is 4. The third-order valence-electron chi connectivity index (χ3n) is 4.57. The van der Waals surface area contributed by atoms with Gasteiger partial charge in [-0.1, -0.05) is 12.8 Å². The number of carbonyl (C=O) groups excluding carboxylic acids is 1. The number of H-pyrrole nitrogens is 1.